The van der Waals surface area contributed by atoms with Gasteiger partial charge in [-0.2, -0.15) is 0 Å². The first-order chi connectivity index (χ1) is 9.81. The highest BCUT2D eigenvalue weighted by Gasteiger charge is 2.26. The van der Waals surface area contributed by atoms with Crippen molar-refractivity contribution in [3.05, 3.63) is 0 Å². The summed E-state index contributed by atoms with van der Waals surface area (Å²) in [6.45, 7) is 9.14. The Hall–Kier alpha value is 0.0569. The largest absolute Gasteiger partial charge is 0.484 e. The van der Waals surface area contributed by atoms with Crippen LogP contribution in [-0.4, -0.2) is 41.9 Å². The summed E-state index contributed by atoms with van der Waals surface area (Å²) in [6, 6.07) is 0.905. The van der Waals surface area contributed by atoms with Crippen LogP contribution in [0.2, 0.25) is 0 Å². The summed E-state index contributed by atoms with van der Waals surface area (Å²) in [7, 11) is -1.73. The molecule has 2 fully saturated rings. The van der Waals surface area contributed by atoms with Gasteiger partial charge in [0.2, 0.25) is 0 Å². The predicted molar refractivity (Wildman–Crippen MR) is 85.0 cm³/mol. The van der Waals surface area contributed by atoms with E-state index in [1.54, 1.807) is 0 Å². The van der Waals surface area contributed by atoms with E-state index in [1.165, 1.54) is 45.1 Å². The van der Waals surface area contributed by atoms with E-state index in [0.717, 1.165) is 12.0 Å². The lowest BCUT2D eigenvalue weighted by Gasteiger charge is -2.36. The summed E-state index contributed by atoms with van der Waals surface area (Å²) in [5.74, 6) is 1.04. The Bertz CT molecular complexity index is 191. The van der Waals surface area contributed by atoms with E-state index < -0.39 is 9.53 Å². The lowest BCUT2D eigenvalue weighted by Crippen LogP contribution is -2.42. The van der Waals surface area contributed by atoms with Crippen molar-refractivity contribution in [3.63, 3.8) is 0 Å². The second-order valence-electron chi connectivity index (χ2n) is 5.40. The van der Waals surface area contributed by atoms with Gasteiger partial charge in [0.25, 0.3) is 0 Å². The van der Waals surface area contributed by atoms with Crippen LogP contribution in [0.3, 0.4) is 0 Å². The van der Waals surface area contributed by atoms with E-state index in [0.29, 0.717) is 19.8 Å². The number of fused-ring (bicyclic) bond motifs is 1. The van der Waals surface area contributed by atoms with Crippen molar-refractivity contribution in [2.75, 3.05) is 26.4 Å². The summed E-state index contributed by atoms with van der Waals surface area (Å²) in [4.78, 5) is 0. The first-order valence-corrected chi connectivity index (χ1v) is 9.81. The number of hydrogen-bond donors (Lipinski definition) is 1. The second-order valence-corrected chi connectivity index (χ2v) is 6.98. The van der Waals surface area contributed by atoms with Crippen LogP contribution in [0.1, 0.15) is 59.3 Å². The molecule has 1 saturated carbocycles. The van der Waals surface area contributed by atoms with Crippen molar-refractivity contribution in [3.8, 4) is 0 Å². The van der Waals surface area contributed by atoms with Crippen molar-refractivity contribution >= 4 is 9.53 Å². The van der Waals surface area contributed by atoms with Crippen molar-refractivity contribution < 1.29 is 13.3 Å². The number of piperidine rings is 1. The van der Waals surface area contributed by atoms with Gasteiger partial charge in [-0.25, -0.2) is 0 Å². The first-order valence-electron chi connectivity index (χ1n) is 8.39. The van der Waals surface area contributed by atoms with Crippen LogP contribution < -0.4 is 5.32 Å². The average Bonchev–Trinajstić information content (AvgIpc) is 2.49. The summed E-state index contributed by atoms with van der Waals surface area (Å²) >= 11 is 0. The lowest BCUT2D eigenvalue weighted by atomic mass is 9.80. The molecule has 1 aliphatic heterocycles. The zero-order valence-corrected chi connectivity index (χ0v) is 14.7. The maximum absolute atomic E-state index is 5.22. The summed E-state index contributed by atoms with van der Waals surface area (Å²) in [5, 5.41) is 3.62. The SMILES string of the molecule is C1CCC2NCCCC2C1.CCO[SiH](OCC)OCC. The quantitative estimate of drug-likeness (QED) is 0.766. The highest BCUT2D eigenvalue weighted by molar-refractivity contribution is 6.36. The topological polar surface area (TPSA) is 39.7 Å². The van der Waals surface area contributed by atoms with E-state index >= 15 is 0 Å². The molecule has 20 heavy (non-hydrogen) atoms. The minimum Gasteiger partial charge on any atom is -0.376 e. The molecule has 0 spiro atoms. The van der Waals surface area contributed by atoms with Gasteiger partial charge in [0.15, 0.2) is 0 Å². The lowest BCUT2D eigenvalue weighted by molar-refractivity contribution is 0.107. The van der Waals surface area contributed by atoms with Gasteiger partial charge < -0.3 is 18.6 Å². The van der Waals surface area contributed by atoms with Crippen LogP contribution >= 0.6 is 0 Å². The monoisotopic (exact) mass is 303 g/mol. The van der Waals surface area contributed by atoms with Gasteiger partial charge in [-0.05, 0) is 58.9 Å². The highest BCUT2D eigenvalue weighted by Crippen LogP contribution is 2.30. The van der Waals surface area contributed by atoms with Crippen LogP contribution in [0.5, 0.6) is 0 Å². The molecular formula is C15H33NO3Si. The Labute approximate surface area is 126 Å². The number of nitrogens with one attached hydrogen (secondary N) is 1. The highest BCUT2D eigenvalue weighted by atomic mass is 28.3. The van der Waals surface area contributed by atoms with E-state index in [4.69, 9.17) is 13.3 Å². The molecule has 1 saturated heterocycles. The summed E-state index contributed by atoms with van der Waals surface area (Å²) in [6.07, 6.45) is 8.82. The zero-order valence-electron chi connectivity index (χ0n) is 13.5. The van der Waals surface area contributed by atoms with Gasteiger partial charge in [-0.15, -0.1) is 0 Å². The smallest absolute Gasteiger partial charge is 0.376 e. The van der Waals surface area contributed by atoms with E-state index in [2.05, 4.69) is 5.32 Å². The Balaban J connectivity index is 0.000000200. The maximum Gasteiger partial charge on any atom is 0.484 e. The summed E-state index contributed by atoms with van der Waals surface area (Å²) < 4.78 is 15.7. The Kier molecular flexibility index (Phi) is 10.6. The summed E-state index contributed by atoms with van der Waals surface area (Å²) in [5.41, 5.74) is 0. The molecule has 120 valence electrons. The fourth-order valence-electron chi connectivity index (χ4n) is 3.03. The van der Waals surface area contributed by atoms with Gasteiger partial charge in [0.05, 0.1) is 0 Å². The second kappa shape index (κ2) is 11.7. The third-order valence-electron chi connectivity index (χ3n) is 3.98. The molecule has 4 nitrogen and oxygen atoms in total. The molecule has 2 atom stereocenters. The normalized spacial score (nSPS) is 25.8. The molecule has 0 bridgehead atoms. The molecule has 0 aromatic carbocycles. The Morgan fingerprint density at radius 3 is 1.95 bits per heavy atom. The Morgan fingerprint density at radius 1 is 0.850 bits per heavy atom. The molecule has 0 aromatic heterocycles. The van der Waals surface area contributed by atoms with Gasteiger partial charge in [0.1, 0.15) is 0 Å². The van der Waals surface area contributed by atoms with Crippen molar-refractivity contribution in [1.29, 1.82) is 0 Å². The fourth-order valence-corrected chi connectivity index (χ4v) is 4.13. The minimum atomic E-state index is -1.73. The van der Waals surface area contributed by atoms with Crippen LogP contribution in [0.15, 0.2) is 0 Å². The molecule has 2 unspecified atom stereocenters. The molecule has 1 aliphatic carbocycles. The standard InChI is InChI=1S/C9H17N.C6H16O3Si/c1-2-6-9-8(4-1)5-3-7-10-9;1-4-7-10(8-5-2)9-6-3/h8-10H,1-7H2;10H,4-6H2,1-3H3. The molecule has 0 radical (unpaired) electrons. The maximum atomic E-state index is 5.22. The first kappa shape index (κ1) is 18.1. The molecule has 1 heterocycles. The van der Waals surface area contributed by atoms with Crippen molar-refractivity contribution in [2.24, 2.45) is 5.92 Å². The average molecular weight is 304 g/mol. The van der Waals surface area contributed by atoms with Crippen molar-refractivity contribution in [1.82, 2.24) is 5.32 Å². The molecule has 5 heteroatoms. The van der Waals surface area contributed by atoms with Gasteiger partial charge in [0, 0.05) is 25.9 Å². The molecule has 2 rings (SSSR count). The van der Waals surface area contributed by atoms with Crippen LogP contribution in [0.25, 0.3) is 0 Å². The zero-order chi connectivity index (χ0) is 14.6. The van der Waals surface area contributed by atoms with Crippen LogP contribution in [0.4, 0.5) is 0 Å². The van der Waals surface area contributed by atoms with Crippen molar-refractivity contribution in [2.45, 2.75) is 65.3 Å². The molecule has 0 amide bonds. The number of hydrogen-bond acceptors (Lipinski definition) is 4. The minimum absolute atomic E-state index is 0.677. The third kappa shape index (κ3) is 7.18. The molecule has 1 N–H and O–H groups in total. The van der Waals surface area contributed by atoms with Crippen LogP contribution in [0, 0.1) is 5.92 Å². The molecular weight excluding hydrogens is 270 g/mol. The molecule has 0 aromatic rings. The Morgan fingerprint density at radius 2 is 1.40 bits per heavy atom. The fraction of sp³-hybridized carbons (Fsp3) is 1.00. The van der Waals surface area contributed by atoms with E-state index in [9.17, 15) is 0 Å². The van der Waals surface area contributed by atoms with Gasteiger partial charge in [-0.3, -0.25) is 0 Å². The van der Waals surface area contributed by atoms with Gasteiger partial charge >= 0.3 is 9.53 Å². The van der Waals surface area contributed by atoms with Gasteiger partial charge in [-0.1, -0.05) is 12.8 Å². The van der Waals surface area contributed by atoms with E-state index in [-0.39, 0.29) is 0 Å². The van der Waals surface area contributed by atoms with Crippen LogP contribution in [-0.2, 0) is 13.3 Å². The van der Waals surface area contributed by atoms with E-state index in [1.807, 2.05) is 20.8 Å². The third-order valence-corrected chi connectivity index (χ3v) is 5.79. The predicted octanol–water partition coefficient (Wildman–Crippen LogP) is 2.74. The molecule has 2 aliphatic rings. The number of rotatable bonds is 6.